The molecular formula is C60H109NO5. The summed E-state index contributed by atoms with van der Waals surface area (Å²) in [4.78, 5) is 26.3. The van der Waals surface area contributed by atoms with E-state index in [2.05, 4.69) is 86.8 Å². The SMILES string of the molecule is CC/C=C\C/C=C\C/C=C\C/C=C\C/C=C\CCCCCC(=O)OC(CCCCCCCCCCCCCCCCCCC)CC(=O)NC(CO)C(O)CCCCCCCCCCCCC. The van der Waals surface area contributed by atoms with Crippen molar-refractivity contribution in [1.82, 2.24) is 5.32 Å². The van der Waals surface area contributed by atoms with E-state index in [9.17, 15) is 19.8 Å². The fraction of sp³-hybridized carbons (Fsp3) is 0.800. The van der Waals surface area contributed by atoms with E-state index in [1.807, 2.05) is 0 Å². The lowest BCUT2D eigenvalue weighted by Crippen LogP contribution is -2.46. The molecule has 3 unspecified atom stereocenters. The van der Waals surface area contributed by atoms with Crippen LogP contribution < -0.4 is 5.32 Å². The number of hydrogen-bond acceptors (Lipinski definition) is 5. The molecule has 384 valence electrons. The molecule has 0 radical (unpaired) electrons. The number of esters is 1. The third-order valence-electron chi connectivity index (χ3n) is 12.9. The molecule has 66 heavy (non-hydrogen) atoms. The zero-order valence-electron chi connectivity index (χ0n) is 43.8. The molecule has 0 aliphatic heterocycles. The highest BCUT2D eigenvalue weighted by Gasteiger charge is 2.24. The minimum absolute atomic E-state index is 0.0658. The summed E-state index contributed by atoms with van der Waals surface area (Å²) in [5, 5.41) is 23.8. The smallest absolute Gasteiger partial charge is 0.306 e. The van der Waals surface area contributed by atoms with Crippen LogP contribution in [0.15, 0.2) is 60.8 Å². The number of hydrogen-bond donors (Lipinski definition) is 3. The van der Waals surface area contributed by atoms with Crippen molar-refractivity contribution in [3.63, 3.8) is 0 Å². The van der Waals surface area contributed by atoms with Gasteiger partial charge in [-0.2, -0.15) is 0 Å². The van der Waals surface area contributed by atoms with Crippen LogP contribution in [0.1, 0.15) is 284 Å². The highest BCUT2D eigenvalue weighted by molar-refractivity contribution is 5.77. The van der Waals surface area contributed by atoms with Crippen molar-refractivity contribution in [3.8, 4) is 0 Å². The van der Waals surface area contributed by atoms with Crippen molar-refractivity contribution >= 4 is 11.9 Å². The van der Waals surface area contributed by atoms with Gasteiger partial charge in [-0.1, -0.05) is 261 Å². The van der Waals surface area contributed by atoms with Crippen LogP contribution in [-0.2, 0) is 14.3 Å². The first-order valence-corrected chi connectivity index (χ1v) is 28.5. The summed E-state index contributed by atoms with van der Waals surface area (Å²) in [6, 6.07) is -0.708. The zero-order chi connectivity index (χ0) is 48.1. The van der Waals surface area contributed by atoms with Crippen molar-refractivity contribution in [2.24, 2.45) is 0 Å². The first-order valence-electron chi connectivity index (χ1n) is 28.5. The zero-order valence-corrected chi connectivity index (χ0v) is 43.8. The summed E-state index contributed by atoms with van der Waals surface area (Å²) in [5.41, 5.74) is 0. The Bertz CT molecular complexity index is 1170. The monoisotopic (exact) mass is 924 g/mol. The van der Waals surface area contributed by atoms with Gasteiger partial charge in [0.1, 0.15) is 6.10 Å². The Hall–Kier alpha value is -2.44. The predicted octanol–water partition coefficient (Wildman–Crippen LogP) is 17.6. The van der Waals surface area contributed by atoms with Gasteiger partial charge in [-0.15, -0.1) is 0 Å². The second-order valence-corrected chi connectivity index (χ2v) is 19.3. The molecule has 0 aliphatic carbocycles. The second kappa shape index (κ2) is 53.5. The molecule has 0 fully saturated rings. The Morgan fingerprint density at radius 1 is 0.455 bits per heavy atom. The summed E-state index contributed by atoms with van der Waals surface area (Å²) in [7, 11) is 0. The van der Waals surface area contributed by atoms with Gasteiger partial charge in [0.2, 0.25) is 5.91 Å². The Kier molecular flexibility index (Phi) is 51.5. The molecule has 0 saturated carbocycles. The molecule has 0 aliphatic rings. The molecule has 0 saturated heterocycles. The molecule has 0 aromatic rings. The number of carbonyl (C=O) groups excluding carboxylic acids is 2. The number of rotatable bonds is 51. The van der Waals surface area contributed by atoms with E-state index in [1.165, 1.54) is 148 Å². The average Bonchev–Trinajstić information content (AvgIpc) is 3.31. The van der Waals surface area contributed by atoms with Crippen LogP contribution in [-0.4, -0.2) is 46.9 Å². The Morgan fingerprint density at radius 3 is 1.23 bits per heavy atom. The first-order chi connectivity index (χ1) is 32.5. The number of aliphatic hydroxyl groups is 2. The highest BCUT2D eigenvalue weighted by atomic mass is 16.5. The van der Waals surface area contributed by atoms with E-state index in [1.54, 1.807) is 0 Å². The minimum atomic E-state index is -0.793. The molecule has 3 atom stereocenters. The lowest BCUT2D eigenvalue weighted by molar-refractivity contribution is -0.151. The van der Waals surface area contributed by atoms with Gasteiger partial charge in [-0.3, -0.25) is 9.59 Å². The summed E-state index contributed by atoms with van der Waals surface area (Å²) < 4.78 is 5.95. The number of nitrogens with one attached hydrogen (secondary N) is 1. The summed E-state index contributed by atoms with van der Waals surface area (Å²) in [6.07, 6.45) is 67.1. The van der Waals surface area contributed by atoms with Crippen LogP contribution in [0.25, 0.3) is 0 Å². The lowest BCUT2D eigenvalue weighted by atomic mass is 10.0. The molecular weight excluding hydrogens is 815 g/mol. The molecule has 0 rings (SSSR count). The summed E-state index contributed by atoms with van der Waals surface area (Å²) in [5.74, 6) is -0.501. The number of carbonyl (C=O) groups is 2. The van der Waals surface area contributed by atoms with Gasteiger partial charge in [-0.05, 0) is 70.6 Å². The van der Waals surface area contributed by atoms with Crippen molar-refractivity contribution in [3.05, 3.63) is 60.8 Å². The van der Waals surface area contributed by atoms with E-state index in [-0.39, 0.29) is 24.9 Å². The van der Waals surface area contributed by atoms with E-state index >= 15 is 0 Å². The second-order valence-electron chi connectivity index (χ2n) is 19.3. The Morgan fingerprint density at radius 2 is 0.818 bits per heavy atom. The van der Waals surface area contributed by atoms with Crippen molar-refractivity contribution < 1.29 is 24.5 Å². The normalized spacial score (nSPS) is 13.6. The molecule has 0 heterocycles. The minimum Gasteiger partial charge on any atom is -0.462 e. The fourth-order valence-corrected chi connectivity index (χ4v) is 8.58. The molecule has 0 aromatic heterocycles. The van der Waals surface area contributed by atoms with Gasteiger partial charge in [-0.25, -0.2) is 0 Å². The van der Waals surface area contributed by atoms with Gasteiger partial charge in [0.05, 0.1) is 25.2 Å². The third-order valence-corrected chi connectivity index (χ3v) is 12.9. The quantitative estimate of drug-likeness (QED) is 0.0321. The van der Waals surface area contributed by atoms with E-state index in [0.29, 0.717) is 19.3 Å². The van der Waals surface area contributed by atoms with Crippen LogP contribution in [0.5, 0.6) is 0 Å². The van der Waals surface area contributed by atoms with Gasteiger partial charge < -0.3 is 20.3 Å². The Labute approximate surface area is 409 Å². The fourth-order valence-electron chi connectivity index (χ4n) is 8.58. The molecule has 0 aromatic carbocycles. The molecule has 1 amide bonds. The predicted molar refractivity (Wildman–Crippen MR) is 287 cm³/mol. The van der Waals surface area contributed by atoms with Crippen LogP contribution in [0.2, 0.25) is 0 Å². The maximum Gasteiger partial charge on any atom is 0.306 e. The standard InChI is InChI=1S/C60H109NO5/c1-4-7-10-13-16-19-22-24-26-28-29-31-33-35-38-41-44-47-50-53-60(65)66-56(51-48-45-42-39-37-34-32-30-27-25-23-20-17-14-11-8-5-2)54-59(64)61-57(55-62)58(63)52-49-46-43-40-36-21-18-15-12-9-6-3/h7,10,16,19,24,26,29,31,35,38,56-58,62-63H,4-6,8-9,11-15,17-18,20-23,25,27-28,30,32-34,36-37,39-55H2,1-3H3,(H,61,64)/b10-7-,19-16-,26-24-,31-29-,38-35-. The maximum atomic E-state index is 13.3. The van der Waals surface area contributed by atoms with Crippen molar-refractivity contribution in [1.29, 1.82) is 0 Å². The molecule has 0 spiro atoms. The number of allylic oxidation sites excluding steroid dienone is 10. The van der Waals surface area contributed by atoms with Gasteiger partial charge >= 0.3 is 5.97 Å². The molecule has 0 bridgehead atoms. The number of unbranched alkanes of at least 4 members (excludes halogenated alkanes) is 29. The van der Waals surface area contributed by atoms with E-state index in [0.717, 1.165) is 89.9 Å². The van der Waals surface area contributed by atoms with Gasteiger partial charge in [0.25, 0.3) is 0 Å². The molecule has 6 heteroatoms. The average molecular weight is 925 g/mol. The maximum absolute atomic E-state index is 13.3. The number of aliphatic hydroxyl groups excluding tert-OH is 2. The molecule has 6 nitrogen and oxygen atoms in total. The van der Waals surface area contributed by atoms with Gasteiger partial charge in [0, 0.05) is 6.42 Å². The van der Waals surface area contributed by atoms with Gasteiger partial charge in [0.15, 0.2) is 0 Å². The molecule has 3 N–H and O–H groups in total. The Balaban J connectivity index is 4.61. The number of ether oxygens (including phenoxy) is 1. The lowest BCUT2D eigenvalue weighted by Gasteiger charge is -2.24. The van der Waals surface area contributed by atoms with Crippen LogP contribution >= 0.6 is 0 Å². The largest absolute Gasteiger partial charge is 0.462 e. The van der Waals surface area contributed by atoms with Crippen molar-refractivity contribution in [2.45, 2.75) is 302 Å². The van der Waals surface area contributed by atoms with Crippen LogP contribution in [0.4, 0.5) is 0 Å². The van der Waals surface area contributed by atoms with Crippen LogP contribution in [0, 0.1) is 0 Å². The van der Waals surface area contributed by atoms with E-state index < -0.39 is 18.2 Å². The summed E-state index contributed by atoms with van der Waals surface area (Å²) >= 11 is 0. The first kappa shape index (κ1) is 63.6. The topological polar surface area (TPSA) is 95.9 Å². The van der Waals surface area contributed by atoms with Crippen molar-refractivity contribution in [2.75, 3.05) is 6.61 Å². The van der Waals surface area contributed by atoms with Crippen LogP contribution in [0.3, 0.4) is 0 Å². The highest BCUT2D eigenvalue weighted by Crippen LogP contribution is 2.18. The third kappa shape index (κ3) is 48.0. The number of amides is 1. The summed E-state index contributed by atoms with van der Waals surface area (Å²) in [6.45, 7) is 6.38. The van der Waals surface area contributed by atoms with E-state index in [4.69, 9.17) is 4.74 Å².